The van der Waals surface area contributed by atoms with Crippen LogP contribution in [0.1, 0.15) is 12.8 Å². The number of piperidine rings is 1. The fourth-order valence-corrected chi connectivity index (χ4v) is 2.92. The van der Waals surface area contributed by atoms with Crippen molar-refractivity contribution < 1.29 is 14.3 Å². The number of methoxy groups -OCH3 is 2. The van der Waals surface area contributed by atoms with E-state index in [1.54, 1.807) is 20.4 Å². The monoisotopic (exact) mass is 346 g/mol. The number of hydrogen-bond donors (Lipinski definition) is 1. The lowest BCUT2D eigenvalue weighted by atomic mass is 9.86. The maximum Gasteiger partial charge on any atom is 0.250 e. The van der Waals surface area contributed by atoms with Gasteiger partial charge in [0.05, 0.1) is 13.2 Å². The van der Waals surface area contributed by atoms with Gasteiger partial charge in [-0.15, -0.1) is 12.4 Å². The molecule has 1 aromatic heterocycles. The van der Waals surface area contributed by atoms with Gasteiger partial charge in [-0.25, -0.2) is 0 Å². The molecule has 1 aliphatic rings. The first-order chi connectivity index (χ1) is 10.7. The van der Waals surface area contributed by atoms with Gasteiger partial charge in [-0.05, 0) is 32.0 Å². The molecule has 0 bridgehead atoms. The van der Waals surface area contributed by atoms with E-state index in [4.69, 9.17) is 9.47 Å². The highest BCUT2D eigenvalue weighted by Crippen LogP contribution is 2.29. The van der Waals surface area contributed by atoms with Crippen LogP contribution >= 0.6 is 12.4 Å². The van der Waals surface area contributed by atoms with Gasteiger partial charge in [-0.2, -0.15) is 5.10 Å². The van der Waals surface area contributed by atoms with E-state index in [1.165, 1.54) is 0 Å². The zero-order valence-electron chi connectivity index (χ0n) is 13.9. The molecule has 1 N–H and O–H groups in total. The van der Waals surface area contributed by atoms with Gasteiger partial charge in [0.15, 0.2) is 0 Å². The Morgan fingerprint density at radius 3 is 2.35 bits per heavy atom. The first-order valence-electron chi connectivity index (χ1n) is 7.72. The molecule has 7 nitrogen and oxygen atoms in total. The predicted octanol–water partition coefficient (Wildman–Crippen LogP) is 0.505. The summed E-state index contributed by atoms with van der Waals surface area (Å²) in [5, 5.41) is 7.68. The van der Waals surface area contributed by atoms with E-state index in [-0.39, 0.29) is 18.3 Å². The molecule has 2 rings (SSSR count). The molecule has 0 radical (unpaired) electrons. The van der Waals surface area contributed by atoms with Gasteiger partial charge < -0.3 is 19.7 Å². The third kappa shape index (κ3) is 4.67. The van der Waals surface area contributed by atoms with Crippen LogP contribution in [0.5, 0.6) is 0 Å². The second-order valence-electron chi connectivity index (χ2n) is 5.51. The highest BCUT2D eigenvalue weighted by atomic mass is 35.5. The topological polar surface area (TPSA) is 68.6 Å². The fraction of sp³-hybridized carbons (Fsp3) is 0.733. The molecule has 0 spiro atoms. The Labute approximate surface area is 143 Å². The lowest BCUT2D eigenvalue weighted by Crippen LogP contribution is -2.56. The zero-order chi connectivity index (χ0) is 15.8. The van der Waals surface area contributed by atoms with E-state index in [0.717, 1.165) is 25.9 Å². The van der Waals surface area contributed by atoms with Crippen LogP contribution in [0.15, 0.2) is 18.5 Å². The largest absolute Gasteiger partial charge is 0.383 e. The quantitative estimate of drug-likeness (QED) is 0.742. The minimum absolute atomic E-state index is 0. The van der Waals surface area contributed by atoms with Crippen LogP contribution in [0.3, 0.4) is 0 Å². The van der Waals surface area contributed by atoms with Crippen molar-refractivity contribution in [3.63, 3.8) is 0 Å². The standard InChI is InChI=1S/C15H26N4O3.ClH/c1-21-12-10-18(11-13-22-2)14(20)15(4-7-16-8-5-15)19-9-3-6-17-19;/h3,6,9,16H,4-5,7-8,10-13H2,1-2H3;1H. The molecular formula is C15H27ClN4O3. The Hall–Kier alpha value is -1.15. The Kier molecular flexibility index (Phi) is 8.54. The SMILES string of the molecule is COCCN(CCOC)C(=O)C1(n2cccn2)CCNCC1.Cl. The van der Waals surface area contributed by atoms with Gasteiger partial charge in [-0.3, -0.25) is 9.48 Å². The van der Waals surface area contributed by atoms with Crippen molar-refractivity contribution in [2.24, 2.45) is 0 Å². The number of hydrogen-bond acceptors (Lipinski definition) is 5. The number of aromatic nitrogens is 2. The summed E-state index contributed by atoms with van der Waals surface area (Å²) in [6.07, 6.45) is 5.09. The van der Waals surface area contributed by atoms with Crippen LogP contribution in [0.25, 0.3) is 0 Å². The van der Waals surface area contributed by atoms with Crippen molar-refractivity contribution in [3.8, 4) is 0 Å². The summed E-state index contributed by atoms with van der Waals surface area (Å²) >= 11 is 0. The Balaban J connectivity index is 0.00000264. The maximum atomic E-state index is 13.3. The molecule has 8 heteroatoms. The third-order valence-electron chi connectivity index (χ3n) is 4.19. The summed E-state index contributed by atoms with van der Waals surface area (Å²) in [5.41, 5.74) is -0.601. The molecule has 2 heterocycles. The number of nitrogens with zero attached hydrogens (tertiary/aromatic N) is 3. The number of ether oxygens (including phenoxy) is 2. The first kappa shape index (κ1) is 19.9. The van der Waals surface area contributed by atoms with E-state index in [1.807, 2.05) is 21.8 Å². The summed E-state index contributed by atoms with van der Waals surface area (Å²) in [5.74, 6) is 0.104. The van der Waals surface area contributed by atoms with Crippen molar-refractivity contribution in [1.29, 1.82) is 0 Å². The average Bonchev–Trinajstić information content (AvgIpc) is 3.10. The minimum Gasteiger partial charge on any atom is -0.383 e. The molecule has 1 fully saturated rings. The van der Waals surface area contributed by atoms with Crippen molar-refractivity contribution >= 4 is 18.3 Å². The van der Waals surface area contributed by atoms with Crippen LogP contribution in [0.2, 0.25) is 0 Å². The molecule has 0 unspecified atom stereocenters. The Morgan fingerprint density at radius 2 is 1.87 bits per heavy atom. The lowest BCUT2D eigenvalue weighted by Gasteiger charge is -2.40. The third-order valence-corrected chi connectivity index (χ3v) is 4.19. The van der Waals surface area contributed by atoms with Gasteiger partial charge in [0, 0.05) is 39.7 Å². The summed E-state index contributed by atoms with van der Waals surface area (Å²) < 4.78 is 12.1. The summed E-state index contributed by atoms with van der Waals surface area (Å²) in [7, 11) is 3.29. The lowest BCUT2D eigenvalue weighted by molar-refractivity contribution is -0.144. The summed E-state index contributed by atoms with van der Waals surface area (Å²) in [4.78, 5) is 15.1. The smallest absolute Gasteiger partial charge is 0.250 e. The molecule has 1 saturated heterocycles. The van der Waals surface area contributed by atoms with Crippen molar-refractivity contribution in [3.05, 3.63) is 18.5 Å². The van der Waals surface area contributed by atoms with Crippen LogP contribution in [-0.4, -0.2) is 74.2 Å². The second-order valence-corrected chi connectivity index (χ2v) is 5.51. The van der Waals surface area contributed by atoms with Gasteiger partial charge in [0.25, 0.3) is 5.91 Å². The van der Waals surface area contributed by atoms with Gasteiger partial charge in [-0.1, -0.05) is 0 Å². The van der Waals surface area contributed by atoms with Crippen molar-refractivity contribution in [2.45, 2.75) is 18.4 Å². The minimum atomic E-state index is -0.601. The molecule has 1 aliphatic heterocycles. The molecular weight excluding hydrogens is 320 g/mol. The van der Waals surface area contributed by atoms with E-state index in [0.29, 0.717) is 26.3 Å². The molecule has 1 amide bonds. The van der Waals surface area contributed by atoms with Crippen LogP contribution in [0.4, 0.5) is 0 Å². The average molecular weight is 347 g/mol. The fourth-order valence-electron chi connectivity index (χ4n) is 2.92. The molecule has 1 aromatic rings. The van der Waals surface area contributed by atoms with E-state index >= 15 is 0 Å². The van der Waals surface area contributed by atoms with Gasteiger partial charge in [0.1, 0.15) is 5.54 Å². The maximum absolute atomic E-state index is 13.3. The number of halogens is 1. The van der Waals surface area contributed by atoms with Crippen molar-refractivity contribution in [2.75, 3.05) is 53.6 Å². The molecule has 0 aliphatic carbocycles. The number of nitrogens with one attached hydrogen (secondary N) is 1. The van der Waals surface area contributed by atoms with Crippen molar-refractivity contribution in [1.82, 2.24) is 20.0 Å². The zero-order valence-corrected chi connectivity index (χ0v) is 14.7. The van der Waals surface area contributed by atoms with E-state index in [9.17, 15) is 4.79 Å². The molecule has 23 heavy (non-hydrogen) atoms. The van der Waals surface area contributed by atoms with E-state index < -0.39 is 5.54 Å². The summed E-state index contributed by atoms with van der Waals surface area (Å²) in [6, 6.07) is 1.87. The predicted molar refractivity (Wildman–Crippen MR) is 89.9 cm³/mol. The molecule has 0 atom stereocenters. The van der Waals surface area contributed by atoms with Crippen LogP contribution in [-0.2, 0) is 19.8 Å². The number of carbonyl (C=O) groups excluding carboxylic acids is 1. The first-order valence-corrected chi connectivity index (χ1v) is 7.72. The van der Waals surface area contributed by atoms with Gasteiger partial charge >= 0.3 is 0 Å². The highest BCUT2D eigenvalue weighted by Gasteiger charge is 2.44. The number of amides is 1. The summed E-state index contributed by atoms with van der Waals surface area (Å²) in [6.45, 7) is 3.79. The highest BCUT2D eigenvalue weighted by molar-refractivity contribution is 5.85. The van der Waals surface area contributed by atoms with Gasteiger partial charge in [0.2, 0.25) is 0 Å². The second kappa shape index (κ2) is 9.87. The van der Waals surface area contributed by atoms with Crippen LogP contribution < -0.4 is 5.32 Å². The van der Waals surface area contributed by atoms with E-state index in [2.05, 4.69) is 10.4 Å². The Morgan fingerprint density at radius 1 is 1.26 bits per heavy atom. The van der Waals surface area contributed by atoms with Crippen LogP contribution in [0, 0.1) is 0 Å². The molecule has 0 aromatic carbocycles. The number of carbonyl (C=O) groups is 1. The number of rotatable bonds is 8. The molecule has 0 saturated carbocycles. The molecule has 132 valence electrons. The Bertz CT molecular complexity index is 442. The normalized spacial score (nSPS) is 16.6.